The molecule has 1 radical (unpaired) electrons. The van der Waals surface area contributed by atoms with Crippen LogP contribution in [0.5, 0.6) is 0 Å². The van der Waals surface area contributed by atoms with E-state index in [9.17, 15) is 0 Å². The van der Waals surface area contributed by atoms with Crippen LogP contribution in [0.3, 0.4) is 0 Å². The number of ether oxygens (including phenoxy) is 1. The van der Waals surface area contributed by atoms with Crippen molar-refractivity contribution < 1.29 is 4.74 Å². The molecule has 1 aliphatic carbocycles. The first-order chi connectivity index (χ1) is 5.65. The van der Waals surface area contributed by atoms with E-state index >= 15 is 0 Å². The molecule has 1 nitrogen and oxygen atoms in total. The molecule has 0 aromatic rings. The van der Waals surface area contributed by atoms with Crippen molar-refractivity contribution >= 4 is 0 Å². The lowest BCUT2D eigenvalue weighted by Crippen LogP contribution is -2.21. The van der Waals surface area contributed by atoms with Crippen LogP contribution in [0.15, 0.2) is 23.8 Å². The molecule has 0 amide bonds. The van der Waals surface area contributed by atoms with Crippen LogP contribution in [0.1, 0.15) is 26.7 Å². The van der Waals surface area contributed by atoms with Gasteiger partial charge in [0.1, 0.15) is 0 Å². The second kappa shape index (κ2) is 3.90. The Labute approximate surface area is 75.1 Å². The third-order valence-electron chi connectivity index (χ3n) is 2.63. The maximum Gasteiger partial charge on any atom is 0.0789 e. The van der Waals surface area contributed by atoms with Crippen LogP contribution in [0.25, 0.3) is 0 Å². The van der Waals surface area contributed by atoms with Gasteiger partial charge in [0, 0.05) is 0 Å². The van der Waals surface area contributed by atoms with E-state index in [2.05, 4.69) is 33.6 Å². The number of hydrogen-bond acceptors (Lipinski definition) is 1. The fourth-order valence-electron chi connectivity index (χ4n) is 1.60. The Balaban J connectivity index is 2.64. The Morgan fingerprint density at radius 3 is 2.83 bits per heavy atom. The van der Waals surface area contributed by atoms with E-state index in [1.54, 1.807) is 0 Å². The van der Waals surface area contributed by atoms with E-state index < -0.39 is 0 Å². The standard InChI is InChI=1S/C11H17O/c1-8(2)10-6-5-9(3)11(7-10)12-4/h5,10-11H,1,4,6-7H2,2-3H3. The molecule has 1 aliphatic rings. The minimum Gasteiger partial charge on any atom is -0.371 e. The normalized spacial score (nSPS) is 29.8. The predicted molar refractivity (Wildman–Crippen MR) is 51.5 cm³/mol. The number of rotatable bonds is 2. The summed E-state index contributed by atoms with van der Waals surface area (Å²) in [4.78, 5) is 0. The third-order valence-corrected chi connectivity index (χ3v) is 2.63. The van der Waals surface area contributed by atoms with Gasteiger partial charge in [-0.05, 0) is 38.2 Å². The summed E-state index contributed by atoms with van der Waals surface area (Å²) in [6.45, 7) is 8.15. The van der Waals surface area contributed by atoms with Gasteiger partial charge in [0.2, 0.25) is 0 Å². The molecule has 0 fully saturated rings. The predicted octanol–water partition coefficient (Wildman–Crippen LogP) is 3.10. The molecule has 2 unspecified atom stereocenters. The molecule has 0 bridgehead atoms. The highest BCUT2D eigenvalue weighted by molar-refractivity contribution is 5.15. The van der Waals surface area contributed by atoms with Crippen LogP contribution in [-0.4, -0.2) is 6.10 Å². The highest BCUT2D eigenvalue weighted by Gasteiger charge is 2.21. The fraction of sp³-hybridized carbons (Fsp3) is 0.545. The second-order valence-electron chi connectivity index (χ2n) is 3.62. The van der Waals surface area contributed by atoms with Crippen molar-refractivity contribution in [3.8, 4) is 0 Å². The Morgan fingerprint density at radius 1 is 1.67 bits per heavy atom. The zero-order chi connectivity index (χ0) is 9.14. The average Bonchev–Trinajstić information content (AvgIpc) is 2.05. The number of hydrogen-bond donors (Lipinski definition) is 0. The van der Waals surface area contributed by atoms with Crippen molar-refractivity contribution in [1.82, 2.24) is 0 Å². The van der Waals surface area contributed by atoms with E-state index in [0.29, 0.717) is 5.92 Å². The van der Waals surface area contributed by atoms with Gasteiger partial charge in [0.15, 0.2) is 0 Å². The van der Waals surface area contributed by atoms with Crippen LogP contribution >= 0.6 is 0 Å². The zero-order valence-corrected chi connectivity index (χ0v) is 7.97. The molecule has 0 heterocycles. The fourth-order valence-corrected chi connectivity index (χ4v) is 1.60. The molecule has 0 saturated heterocycles. The van der Waals surface area contributed by atoms with Crippen molar-refractivity contribution in [3.05, 3.63) is 30.9 Å². The lowest BCUT2D eigenvalue weighted by atomic mass is 9.84. The lowest BCUT2D eigenvalue weighted by Gasteiger charge is -2.27. The molecule has 0 aromatic heterocycles. The molecule has 0 spiro atoms. The smallest absolute Gasteiger partial charge is 0.0789 e. The average molecular weight is 165 g/mol. The van der Waals surface area contributed by atoms with Gasteiger partial charge in [-0.25, -0.2) is 0 Å². The van der Waals surface area contributed by atoms with Gasteiger partial charge in [-0.1, -0.05) is 18.2 Å². The van der Waals surface area contributed by atoms with Crippen molar-refractivity contribution in [2.24, 2.45) is 5.92 Å². The summed E-state index contributed by atoms with van der Waals surface area (Å²) in [5.74, 6) is 0.584. The van der Waals surface area contributed by atoms with Gasteiger partial charge in [-0.2, -0.15) is 0 Å². The van der Waals surface area contributed by atoms with Crippen molar-refractivity contribution in [2.45, 2.75) is 32.8 Å². The van der Waals surface area contributed by atoms with Crippen molar-refractivity contribution in [3.63, 3.8) is 0 Å². The van der Waals surface area contributed by atoms with Crippen molar-refractivity contribution in [1.29, 1.82) is 0 Å². The van der Waals surface area contributed by atoms with Crippen LogP contribution < -0.4 is 0 Å². The molecule has 0 N–H and O–H groups in total. The molecular formula is C11H17O. The molecule has 0 aromatic carbocycles. The lowest BCUT2D eigenvalue weighted by molar-refractivity contribution is 0.140. The van der Waals surface area contributed by atoms with Crippen molar-refractivity contribution in [2.75, 3.05) is 0 Å². The maximum absolute atomic E-state index is 5.12. The highest BCUT2D eigenvalue weighted by Crippen LogP contribution is 2.29. The summed E-state index contributed by atoms with van der Waals surface area (Å²) in [5.41, 5.74) is 2.56. The van der Waals surface area contributed by atoms with E-state index in [1.165, 1.54) is 11.1 Å². The van der Waals surface area contributed by atoms with Crippen LogP contribution in [0.2, 0.25) is 0 Å². The van der Waals surface area contributed by atoms with E-state index in [1.807, 2.05) is 0 Å². The van der Waals surface area contributed by atoms with Gasteiger partial charge < -0.3 is 4.74 Å². The largest absolute Gasteiger partial charge is 0.371 e. The van der Waals surface area contributed by atoms with Crippen LogP contribution in [0.4, 0.5) is 0 Å². The Morgan fingerprint density at radius 2 is 2.33 bits per heavy atom. The van der Waals surface area contributed by atoms with E-state index in [-0.39, 0.29) is 6.10 Å². The summed E-state index contributed by atoms with van der Waals surface area (Å²) in [6.07, 6.45) is 4.60. The van der Waals surface area contributed by atoms with Gasteiger partial charge >= 0.3 is 0 Å². The molecule has 2 atom stereocenters. The summed E-state index contributed by atoms with van der Waals surface area (Å²) in [5, 5.41) is 0. The highest BCUT2D eigenvalue weighted by atomic mass is 16.5. The first kappa shape index (κ1) is 9.53. The summed E-state index contributed by atoms with van der Waals surface area (Å²) in [6, 6.07) is 0. The summed E-state index contributed by atoms with van der Waals surface area (Å²) >= 11 is 0. The second-order valence-corrected chi connectivity index (χ2v) is 3.62. The minimum absolute atomic E-state index is 0.209. The first-order valence-electron chi connectivity index (χ1n) is 4.38. The number of allylic oxidation sites excluding steroid dienone is 2. The van der Waals surface area contributed by atoms with Crippen LogP contribution in [0, 0.1) is 13.0 Å². The molecule has 1 heteroatoms. The Kier molecular flexibility index (Phi) is 3.10. The molecule has 0 aliphatic heterocycles. The molecule has 0 saturated carbocycles. The Hall–Kier alpha value is -0.560. The summed E-state index contributed by atoms with van der Waals surface area (Å²) < 4.78 is 5.12. The van der Waals surface area contributed by atoms with Gasteiger partial charge in [-0.3, -0.25) is 0 Å². The minimum atomic E-state index is 0.209. The summed E-state index contributed by atoms with van der Waals surface area (Å²) in [7, 11) is 3.48. The van der Waals surface area contributed by atoms with E-state index in [0.717, 1.165) is 12.8 Å². The zero-order valence-electron chi connectivity index (χ0n) is 7.97. The molecule has 67 valence electrons. The molecule has 12 heavy (non-hydrogen) atoms. The van der Waals surface area contributed by atoms with Gasteiger partial charge in [0.25, 0.3) is 0 Å². The van der Waals surface area contributed by atoms with E-state index in [4.69, 9.17) is 4.74 Å². The molecular weight excluding hydrogens is 148 g/mol. The topological polar surface area (TPSA) is 9.23 Å². The molecule has 1 rings (SSSR count). The quantitative estimate of drug-likeness (QED) is 0.571. The monoisotopic (exact) mass is 165 g/mol. The SMILES string of the molecule is [CH2]OC1CC(C(=C)C)CC=C1C. The van der Waals surface area contributed by atoms with Gasteiger partial charge in [-0.15, -0.1) is 0 Å². The first-order valence-corrected chi connectivity index (χ1v) is 4.38. The van der Waals surface area contributed by atoms with Gasteiger partial charge in [0.05, 0.1) is 13.2 Å². The maximum atomic E-state index is 5.12. The third kappa shape index (κ3) is 1.98. The Bertz CT molecular complexity index is 203. The van der Waals surface area contributed by atoms with Crippen LogP contribution in [-0.2, 0) is 4.74 Å².